The van der Waals surface area contributed by atoms with E-state index in [1.807, 2.05) is 0 Å². The summed E-state index contributed by atoms with van der Waals surface area (Å²) in [4.78, 5) is 12.2. The van der Waals surface area contributed by atoms with Crippen LogP contribution in [-0.2, 0) is 14.8 Å². The topological polar surface area (TPSA) is 108 Å². The first-order valence-electron chi connectivity index (χ1n) is 8.22. The molecule has 0 radical (unpaired) electrons. The predicted octanol–water partition coefficient (Wildman–Crippen LogP) is 2.36. The molecule has 0 heterocycles. The van der Waals surface area contributed by atoms with Crippen molar-refractivity contribution in [2.75, 3.05) is 23.7 Å². The zero-order valence-corrected chi connectivity index (χ0v) is 16.9. The minimum absolute atomic E-state index is 0.00781. The second-order valence-electron chi connectivity index (χ2n) is 5.67. The Morgan fingerprint density at radius 3 is 2.68 bits per heavy atom. The van der Waals surface area contributed by atoms with Crippen LogP contribution in [0, 0.1) is 0 Å². The first kappa shape index (κ1) is 21.5. The van der Waals surface area contributed by atoms with Gasteiger partial charge in [0.25, 0.3) is 5.91 Å². The lowest BCUT2D eigenvalue weighted by Gasteiger charge is -2.22. The number of carbonyl (C=O) groups is 1. The van der Waals surface area contributed by atoms with Crippen LogP contribution in [0.4, 0.5) is 5.69 Å². The highest BCUT2D eigenvalue weighted by Crippen LogP contribution is 2.27. The average Bonchev–Trinajstić information content (AvgIpc) is 2.62. The van der Waals surface area contributed by atoms with Gasteiger partial charge in [-0.3, -0.25) is 9.10 Å². The summed E-state index contributed by atoms with van der Waals surface area (Å²) in [6, 6.07) is 10.9. The van der Waals surface area contributed by atoms with E-state index in [1.54, 1.807) is 31.2 Å². The molecule has 0 unspecified atom stereocenters. The molecule has 0 aromatic heterocycles. The Hall–Kier alpha value is -2.78. The Kier molecular flexibility index (Phi) is 7.24. The first-order chi connectivity index (χ1) is 13.2. The summed E-state index contributed by atoms with van der Waals surface area (Å²) in [6.07, 6.45) is 2.33. The SMILES string of the molecule is CCOc1cc(C=NNC(=O)CN(c2ccccc2Cl)S(C)(=O)=O)ccc1O. The summed E-state index contributed by atoms with van der Waals surface area (Å²) in [6.45, 7) is 1.68. The fourth-order valence-electron chi connectivity index (χ4n) is 2.26. The molecule has 0 spiro atoms. The highest BCUT2D eigenvalue weighted by molar-refractivity contribution is 7.92. The molecule has 0 atom stereocenters. The van der Waals surface area contributed by atoms with Crippen LogP contribution in [0.1, 0.15) is 12.5 Å². The van der Waals surface area contributed by atoms with Crippen LogP contribution in [-0.4, -0.2) is 45.1 Å². The lowest BCUT2D eigenvalue weighted by Crippen LogP contribution is -2.39. The number of halogens is 1. The molecular formula is C18H20ClN3O5S. The standard InChI is InChI=1S/C18H20ClN3O5S/c1-3-27-17-10-13(8-9-16(17)23)11-20-21-18(24)12-22(28(2,25)26)15-7-5-4-6-14(15)19/h4-11,23H,3,12H2,1-2H3,(H,21,24). The highest BCUT2D eigenvalue weighted by Gasteiger charge is 2.22. The molecule has 28 heavy (non-hydrogen) atoms. The number of nitrogens with zero attached hydrogens (tertiary/aromatic N) is 2. The molecule has 2 rings (SSSR count). The normalized spacial score (nSPS) is 11.4. The third-order valence-corrected chi connectivity index (χ3v) is 4.94. The first-order valence-corrected chi connectivity index (χ1v) is 10.4. The number of amides is 1. The van der Waals surface area contributed by atoms with Gasteiger partial charge in [-0.05, 0) is 42.8 Å². The van der Waals surface area contributed by atoms with Crippen molar-refractivity contribution < 1.29 is 23.1 Å². The van der Waals surface area contributed by atoms with Crippen LogP contribution in [0.2, 0.25) is 5.02 Å². The van der Waals surface area contributed by atoms with Crippen LogP contribution in [0.5, 0.6) is 11.5 Å². The number of phenols is 1. The molecule has 1 amide bonds. The van der Waals surface area contributed by atoms with Crippen molar-refractivity contribution in [3.05, 3.63) is 53.1 Å². The number of anilines is 1. The molecule has 2 aromatic rings. The number of para-hydroxylation sites is 1. The molecule has 150 valence electrons. The minimum atomic E-state index is -3.74. The second kappa shape index (κ2) is 9.43. The maximum Gasteiger partial charge on any atom is 0.260 e. The van der Waals surface area contributed by atoms with Gasteiger partial charge in [0.05, 0.1) is 29.8 Å². The summed E-state index contributed by atoms with van der Waals surface area (Å²) in [7, 11) is -3.74. The Bertz CT molecular complexity index is 979. The van der Waals surface area contributed by atoms with Gasteiger partial charge in [0.15, 0.2) is 11.5 Å². The molecule has 10 heteroatoms. The Balaban J connectivity index is 2.09. The van der Waals surface area contributed by atoms with Gasteiger partial charge >= 0.3 is 0 Å². The minimum Gasteiger partial charge on any atom is -0.504 e. The Morgan fingerprint density at radius 2 is 2.04 bits per heavy atom. The van der Waals surface area contributed by atoms with Gasteiger partial charge in [0, 0.05) is 0 Å². The summed E-state index contributed by atoms with van der Waals surface area (Å²) in [5, 5.41) is 13.7. The van der Waals surface area contributed by atoms with Crippen LogP contribution >= 0.6 is 11.6 Å². The summed E-state index contributed by atoms with van der Waals surface area (Å²) in [5.74, 6) is -0.364. The molecule has 2 N–H and O–H groups in total. The number of carbonyl (C=O) groups excluding carboxylic acids is 1. The highest BCUT2D eigenvalue weighted by atomic mass is 35.5. The Morgan fingerprint density at radius 1 is 1.32 bits per heavy atom. The number of nitrogens with one attached hydrogen (secondary N) is 1. The van der Waals surface area contributed by atoms with E-state index < -0.39 is 22.5 Å². The van der Waals surface area contributed by atoms with E-state index in [-0.39, 0.29) is 16.5 Å². The Labute approximate surface area is 168 Å². The van der Waals surface area contributed by atoms with Crippen molar-refractivity contribution in [2.45, 2.75) is 6.92 Å². The van der Waals surface area contributed by atoms with Crippen LogP contribution in [0.15, 0.2) is 47.6 Å². The van der Waals surface area contributed by atoms with Gasteiger partial charge in [-0.2, -0.15) is 5.10 Å². The maximum absolute atomic E-state index is 12.2. The maximum atomic E-state index is 12.2. The van der Waals surface area contributed by atoms with Crippen molar-refractivity contribution in [1.82, 2.24) is 5.43 Å². The monoisotopic (exact) mass is 425 g/mol. The van der Waals surface area contributed by atoms with Crippen LogP contribution in [0.3, 0.4) is 0 Å². The largest absolute Gasteiger partial charge is 0.504 e. The van der Waals surface area contributed by atoms with Gasteiger partial charge in [0.2, 0.25) is 10.0 Å². The number of phenolic OH excluding ortho intramolecular Hbond substituents is 1. The average molecular weight is 426 g/mol. The number of rotatable bonds is 8. The number of hydrazone groups is 1. The van der Waals surface area contributed by atoms with Crippen molar-refractivity contribution in [3.8, 4) is 11.5 Å². The molecular weight excluding hydrogens is 406 g/mol. The summed E-state index contributed by atoms with van der Waals surface area (Å²) >= 11 is 6.05. The van der Waals surface area contributed by atoms with E-state index in [9.17, 15) is 18.3 Å². The van der Waals surface area contributed by atoms with E-state index in [4.69, 9.17) is 16.3 Å². The second-order valence-corrected chi connectivity index (χ2v) is 7.99. The molecule has 8 nitrogen and oxygen atoms in total. The lowest BCUT2D eigenvalue weighted by molar-refractivity contribution is -0.119. The van der Waals surface area contributed by atoms with Crippen molar-refractivity contribution in [3.63, 3.8) is 0 Å². The van der Waals surface area contributed by atoms with Gasteiger partial charge < -0.3 is 9.84 Å². The van der Waals surface area contributed by atoms with E-state index >= 15 is 0 Å². The molecule has 0 fully saturated rings. The van der Waals surface area contributed by atoms with Crippen LogP contribution < -0.4 is 14.5 Å². The predicted molar refractivity (Wildman–Crippen MR) is 109 cm³/mol. The molecule has 0 saturated carbocycles. The number of hydrogen-bond acceptors (Lipinski definition) is 6. The number of benzene rings is 2. The number of ether oxygens (including phenoxy) is 1. The van der Waals surface area contributed by atoms with Crippen molar-refractivity contribution >= 4 is 39.4 Å². The van der Waals surface area contributed by atoms with Crippen LogP contribution in [0.25, 0.3) is 0 Å². The summed E-state index contributed by atoms with van der Waals surface area (Å²) < 4.78 is 30.3. The number of sulfonamides is 1. The summed E-state index contributed by atoms with van der Waals surface area (Å²) in [5.41, 5.74) is 3.04. The van der Waals surface area contributed by atoms with Crippen molar-refractivity contribution in [1.29, 1.82) is 0 Å². The molecule has 0 bridgehead atoms. The van der Waals surface area contributed by atoms with Gasteiger partial charge in [-0.15, -0.1) is 0 Å². The number of aromatic hydroxyl groups is 1. The molecule has 0 aliphatic heterocycles. The molecule has 0 aliphatic rings. The van der Waals surface area contributed by atoms with E-state index in [0.717, 1.165) is 10.6 Å². The molecule has 0 saturated heterocycles. The zero-order valence-electron chi connectivity index (χ0n) is 15.3. The number of hydrogen-bond donors (Lipinski definition) is 2. The fourth-order valence-corrected chi connectivity index (χ4v) is 3.42. The van der Waals surface area contributed by atoms with Crippen molar-refractivity contribution in [2.24, 2.45) is 5.10 Å². The smallest absolute Gasteiger partial charge is 0.260 e. The van der Waals surface area contributed by atoms with Gasteiger partial charge in [0.1, 0.15) is 6.54 Å². The third-order valence-electron chi connectivity index (χ3n) is 3.50. The molecule has 2 aromatic carbocycles. The van der Waals surface area contributed by atoms with E-state index in [0.29, 0.717) is 17.9 Å². The van der Waals surface area contributed by atoms with Gasteiger partial charge in [-0.25, -0.2) is 13.8 Å². The zero-order chi connectivity index (χ0) is 20.7. The van der Waals surface area contributed by atoms with Gasteiger partial charge in [-0.1, -0.05) is 23.7 Å². The quantitative estimate of drug-likeness (QED) is 0.498. The van der Waals surface area contributed by atoms with E-state index in [2.05, 4.69) is 10.5 Å². The van der Waals surface area contributed by atoms with E-state index in [1.165, 1.54) is 24.4 Å². The molecule has 0 aliphatic carbocycles. The fraction of sp³-hybridized carbons (Fsp3) is 0.222. The third kappa shape index (κ3) is 5.86. The lowest BCUT2D eigenvalue weighted by atomic mass is 10.2.